The molecule has 0 spiro atoms. The Balaban J connectivity index is 1.48. The first-order valence-corrected chi connectivity index (χ1v) is 9.67. The fourth-order valence-corrected chi connectivity index (χ4v) is 3.84. The third-order valence-electron chi connectivity index (χ3n) is 4.56. The van der Waals surface area contributed by atoms with E-state index in [0.29, 0.717) is 17.2 Å². The van der Waals surface area contributed by atoms with Crippen molar-refractivity contribution in [3.8, 4) is 10.7 Å². The minimum absolute atomic E-state index is 0.0581. The number of Topliss-reactive ketones (excluding diaryl/α,β-unsaturated/α-hetero) is 1. The SMILES string of the molecule is O=C(CCC(=O)N1CCCCC1)c1ccc2nnc(-c3cccs3)n2n1. The van der Waals surface area contributed by atoms with Crippen LogP contribution in [0.15, 0.2) is 29.6 Å². The van der Waals surface area contributed by atoms with Crippen LogP contribution < -0.4 is 0 Å². The van der Waals surface area contributed by atoms with Gasteiger partial charge in [-0.25, -0.2) is 0 Å². The first-order chi connectivity index (χ1) is 12.7. The molecule has 26 heavy (non-hydrogen) atoms. The lowest BCUT2D eigenvalue weighted by Gasteiger charge is -2.26. The van der Waals surface area contributed by atoms with E-state index in [0.717, 1.165) is 30.8 Å². The quantitative estimate of drug-likeness (QED) is 0.646. The number of amides is 1. The van der Waals surface area contributed by atoms with Crippen molar-refractivity contribution in [2.45, 2.75) is 32.1 Å². The van der Waals surface area contributed by atoms with Gasteiger partial charge in [-0.2, -0.15) is 9.61 Å². The summed E-state index contributed by atoms with van der Waals surface area (Å²) in [5.74, 6) is 0.542. The molecule has 0 bridgehead atoms. The van der Waals surface area contributed by atoms with E-state index >= 15 is 0 Å². The minimum Gasteiger partial charge on any atom is -0.343 e. The summed E-state index contributed by atoms with van der Waals surface area (Å²) >= 11 is 1.54. The van der Waals surface area contributed by atoms with Crippen LogP contribution >= 0.6 is 11.3 Å². The Bertz CT molecular complexity index is 928. The first-order valence-electron chi connectivity index (χ1n) is 8.80. The molecule has 0 N–H and O–H groups in total. The zero-order chi connectivity index (χ0) is 17.9. The Kier molecular flexibility index (Phi) is 4.75. The summed E-state index contributed by atoms with van der Waals surface area (Å²) in [5.41, 5.74) is 0.927. The van der Waals surface area contributed by atoms with Gasteiger partial charge >= 0.3 is 0 Å². The number of hydrogen-bond acceptors (Lipinski definition) is 6. The predicted molar refractivity (Wildman–Crippen MR) is 98.1 cm³/mol. The number of ketones is 1. The van der Waals surface area contributed by atoms with Gasteiger partial charge in [0.25, 0.3) is 0 Å². The van der Waals surface area contributed by atoms with E-state index in [4.69, 9.17) is 0 Å². The van der Waals surface area contributed by atoms with E-state index in [-0.39, 0.29) is 24.5 Å². The molecule has 0 atom stereocenters. The van der Waals surface area contributed by atoms with Crippen molar-refractivity contribution >= 4 is 28.7 Å². The third kappa shape index (κ3) is 3.37. The molecule has 1 aliphatic heterocycles. The van der Waals surface area contributed by atoms with E-state index in [2.05, 4.69) is 15.3 Å². The second-order valence-electron chi connectivity index (χ2n) is 6.35. The molecule has 1 amide bonds. The number of fused-ring (bicyclic) bond motifs is 1. The smallest absolute Gasteiger partial charge is 0.223 e. The van der Waals surface area contributed by atoms with Gasteiger partial charge in [0.15, 0.2) is 17.3 Å². The highest BCUT2D eigenvalue weighted by atomic mass is 32.1. The van der Waals surface area contributed by atoms with Crippen molar-refractivity contribution in [3.05, 3.63) is 35.3 Å². The average molecular weight is 369 g/mol. The maximum atomic E-state index is 12.5. The van der Waals surface area contributed by atoms with Crippen LogP contribution in [0, 0.1) is 0 Å². The zero-order valence-electron chi connectivity index (χ0n) is 14.3. The topological polar surface area (TPSA) is 80.5 Å². The molecule has 4 heterocycles. The van der Waals surface area contributed by atoms with Crippen LogP contribution in [0.3, 0.4) is 0 Å². The number of aromatic nitrogens is 4. The fourth-order valence-electron chi connectivity index (χ4n) is 3.15. The lowest BCUT2D eigenvalue weighted by Crippen LogP contribution is -2.35. The number of piperidine rings is 1. The molecule has 0 radical (unpaired) electrons. The summed E-state index contributed by atoms with van der Waals surface area (Å²) in [6.07, 6.45) is 3.69. The Morgan fingerprint density at radius 3 is 2.65 bits per heavy atom. The summed E-state index contributed by atoms with van der Waals surface area (Å²) in [5, 5.41) is 14.6. The summed E-state index contributed by atoms with van der Waals surface area (Å²) in [4.78, 5) is 27.6. The standard InChI is InChI=1S/C18H19N5O2S/c24-14(7-9-17(25)22-10-2-1-3-11-22)13-6-8-16-19-20-18(23(16)21-13)15-5-4-12-26-15/h4-6,8,12H,1-3,7,9-11H2. The third-order valence-corrected chi connectivity index (χ3v) is 5.43. The lowest BCUT2D eigenvalue weighted by molar-refractivity contribution is -0.132. The highest BCUT2D eigenvalue weighted by Crippen LogP contribution is 2.22. The van der Waals surface area contributed by atoms with Gasteiger partial charge in [0.1, 0.15) is 5.69 Å². The molecule has 3 aromatic heterocycles. The second-order valence-corrected chi connectivity index (χ2v) is 7.30. The molecule has 134 valence electrons. The van der Waals surface area contributed by atoms with Gasteiger partial charge in [-0.1, -0.05) is 6.07 Å². The van der Waals surface area contributed by atoms with Crippen molar-refractivity contribution < 1.29 is 9.59 Å². The molecule has 1 saturated heterocycles. The van der Waals surface area contributed by atoms with Crippen LogP contribution in [0.5, 0.6) is 0 Å². The lowest BCUT2D eigenvalue weighted by atomic mass is 10.1. The van der Waals surface area contributed by atoms with Crippen LogP contribution in [0.2, 0.25) is 0 Å². The van der Waals surface area contributed by atoms with Gasteiger partial charge in [0.2, 0.25) is 5.91 Å². The summed E-state index contributed by atoms with van der Waals surface area (Å²) in [6, 6.07) is 7.25. The van der Waals surface area contributed by atoms with E-state index in [1.807, 2.05) is 22.4 Å². The number of rotatable bonds is 5. The number of hydrogen-bond donors (Lipinski definition) is 0. The molecule has 0 unspecified atom stereocenters. The molecule has 4 rings (SSSR count). The fraction of sp³-hybridized carbons (Fsp3) is 0.389. The molecule has 0 saturated carbocycles. The van der Waals surface area contributed by atoms with E-state index < -0.39 is 0 Å². The normalized spacial score (nSPS) is 14.7. The highest BCUT2D eigenvalue weighted by molar-refractivity contribution is 7.13. The van der Waals surface area contributed by atoms with Crippen LogP contribution in [0.4, 0.5) is 0 Å². The molecule has 8 heteroatoms. The van der Waals surface area contributed by atoms with E-state index in [9.17, 15) is 9.59 Å². The van der Waals surface area contributed by atoms with E-state index in [1.54, 1.807) is 28.0 Å². The van der Waals surface area contributed by atoms with Gasteiger partial charge in [-0.15, -0.1) is 21.5 Å². The number of nitrogens with zero attached hydrogens (tertiary/aromatic N) is 5. The monoisotopic (exact) mass is 369 g/mol. The van der Waals surface area contributed by atoms with Crippen LogP contribution in [-0.4, -0.2) is 49.5 Å². The Morgan fingerprint density at radius 1 is 1.04 bits per heavy atom. The molecule has 1 fully saturated rings. The average Bonchev–Trinajstić information content (AvgIpc) is 3.35. The molecular weight excluding hydrogens is 350 g/mol. The first kappa shape index (κ1) is 16.8. The summed E-state index contributed by atoms with van der Waals surface area (Å²) < 4.78 is 1.59. The Hall–Kier alpha value is -2.61. The van der Waals surface area contributed by atoms with Gasteiger partial charge in [0, 0.05) is 25.9 Å². The molecule has 0 aliphatic carbocycles. The van der Waals surface area contributed by atoms with Gasteiger partial charge in [-0.05, 0) is 42.8 Å². The van der Waals surface area contributed by atoms with Crippen molar-refractivity contribution in [1.82, 2.24) is 24.7 Å². The van der Waals surface area contributed by atoms with Gasteiger partial charge < -0.3 is 4.90 Å². The number of likely N-dealkylation sites (tertiary alicyclic amines) is 1. The van der Waals surface area contributed by atoms with Crippen molar-refractivity contribution in [1.29, 1.82) is 0 Å². The zero-order valence-corrected chi connectivity index (χ0v) is 15.1. The maximum Gasteiger partial charge on any atom is 0.223 e. The van der Waals surface area contributed by atoms with Crippen LogP contribution in [0.25, 0.3) is 16.3 Å². The van der Waals surface area contributed by atoms with E-state index in [1.165, 1.54) is 6.42 Å². The minimum atomic E-state index is -0.136. The maximum absolute atomic E-state index is 12.5. The predicted octanol–water partition coefficient (Wildman–Crippen LogP) is 2.83. The summed E-state index contributed by atoms with van der Waals surface area (Å²) in [7, 11) is 0. The van der Waals surface area contributed by atoms with Crippen molar-refractivity contribution in [3.63, 3.8) is 0 Å². The van der Waals surface area contributed by atoms with Crippen molar-refractivity contribution in [2.24, 2.45) is 0 Å². The Morgan fingerprint density at radius 2 is 1.88 bits per heavy atom. The molecule has 0 aromatic carbocycles. The molecule has 3 aromatic rings. The second kappa shape index (κ2) is 7.33. The molecular formula is C18H19N5O2S. The number of thiophene rings is 1. The number of carbonyl (C=O) groups excluding carboxylic acids is 2. The van der Waals surface area contributed by atoms with Gasteiger partial charge in [-0.3, -0.25) is 9.59 Å². The highest BCUT2D eigenvalue weighted by Gasteiger charge is 2.19. The number of carbonyl (C=O) groups is 2. The summed E-state index contributed by atoms with van der Waals surface area (Å²) in [6.45, 7) is 1.62. The molecule has 1 aliphatic rings. The van der Waals surface area contributed by atoms with Crippen LogP contribution in [0.1, 0.15) is 42.6 Å². The Labute approximate surface area is 154 Å². The van der Waals surface area contributed by atoms with Crippen LogP contribution in [-0.2, 0) is 4.79 Å². The van der Waals surface area contributed by atoms with Gasteiger partial charge in [0.05, 0.1) is 4.88 Å². The molecule has 7 nitrogen and oxygen atoms in total. The largest absolute Gasteiger partial charge is 0.343 e. The van der Waals surface area contributed by atoms with Crippen molar-refractivity contribution in [2.75, 3.05) is 13.1 Å².